The normalized spacial score (nSPS) is 13.9. The molecule has 0 spiro atoms. The van der Waals surface area contributed by atoms with Gasteiger partial charge in [0.15, 0.2) is 0 Å². The second-order valence-electron chi connectivity index (χ2n) is 14.7. The highest BCUT2D eigenvalue weighted by Gasteiger charge is 2.45. The fourth-order valence-electron chi connectivity index (χ4n) is 7.48. The van der Waals surface area contributed by atoms with Crippen LogP contribution in [0.5, 0.6) is 0 Å². The molecular weight excluding hydrogens is 543 g/mol. The molecule has 0 bridgehead atoms. The lowest BCUT2D eigenvalue weighted by Gasteiger charge is -2.46. The van der Waals surface area contributed by atoms with Gasteiger partial charge < -0.3 is 9.71 Å². The highest BCUT2D eigenvalue weighted by molar-refractivity contribution is 6.93. The van der Waals surface area contributed by atoms with Gasteiger partial charge in [0.05, 0.1) is 5.69 Å². The Morgan fingerprint density at radius 1 is 0.489 bits per heavy atom. The number of hydrogen-bond donors (Lipinski definition) is 0. The molecule has 0 unspecified atom stereocenters. The first kappa shape index (κ1) is 27.8. The molecule has 0 amide bonds. The first-order chi connectivity index (χ1) is 21.6. The third-order valence-corrected chi connectivity index (χ3v) is 9.71. The van der Waals surface area contributed by atoms with E-state index < -0.39 is 0 Å². The van der Waals surface area contributed by atoms with E-state index in [2.05, 4.69) is 179 Å². The van der Waals surface area contributed by atoms with Gasteiger partial charge in [-0.3, -0.25) is 0 Å². The Bertz CT molecular complexity index is 2100. The van der Waals surface area contributed by atoms with E-state index in [4.69, 9.17) is 0 Å². The van der Waals surface area contributed by atoms with Crippen molar-refractivity contribution < 1.29 is 0 Å². The molecule has 3 heteroatoms. The Morgan fingerprint density at radius 3 is 1.80 bits per heavy atom. The van der Waals surface area contributed by atoms with Crippen molar-refractivity contribution in [2.75, 3.05) is 9.71 Å². The average molecular weight is 583 g/mol. The molecular formula is C42H39BN2. The standard InChI is InChI=1S/C42H39BN2/c1-41(2,3)30-22-24-31(25-23-30)45-36-19-11-9-16-32(36)33-17-13-21-38-40(33)43(45)35-18-10-12-20-37(35)44(38)39-27-29-15-8-7-14-28(29)26-34(39)42(4,5)6/h7-27H,1-6H3. The molecule has 6 aromatic carbocycles. The molecule has 0 saturated heterocycles. The molecule has 0 aromatic heterocycles. The lowest BCUT2D eigenvalue weighted by molar-refractivity contribution is 0.590. The molecule has 0 aliphatic carbocycles. The summed E-state index contributed by atoms with van der Waals surface area (Å²) in [6, 6.07) is 47.7. The number of nitrogens with zero attached hydrogens (tertiary/aromatic N) is 2. The minimum absolute atomic E-state index is 0.0394. The molecule has 0 radical (unpaired) electrons. The SMILES string of the molecule is CC(C)(C)c1ccc(N2B3c4ccccc4N(c4cc5ccccc5cc4C(C)(C)C)c4cccc(c43)-c3ccccc32)cc1. The Balaban J connectivity index is 1.43. The minimum atomic E-state index is -0.0482. The molecule has 2 aliphatic rings. The van der Waals surface area contributed by atoms with Gasteiger partial charge in [-0.25, -0.2) is 0 Å². The van der Waals surface area contributed by atoms with Crippen LogP contribution in [0.15, 0.2) is 127 Å². The third-order valence-electron chi connectivity index (χ3n) is 9.71. The Labute approximate surface area is 268 Å². The quantitative estimate of drug-likeness (QED) is 0.188. The summed E-state index contributed by atoms with van der Waals surface area (Å²) in [5, 5.41) is 2.54. The second kappa shape index (κ2) is 9.87. The Hall–Kier alpha value is -4.76. The van der Waals surface area contributed by atoms with E-state index in [1.54, 1.807) is 0 Å². The van der Waals surface area contributed by atoms with Gasteiger partial charge >= 0.3 is 6.85 Å². The van der Waals surface area contributed by atoms with Crippen LogP contribution in [0, 0.1) is 0 Å². The highest BCUT2D eigenvalue weighted by atomic mass is 15.2. The number of rotatable bonds is 2. The molecule has 0 N–H and O–H groups in total. The fourth-order valence-corrected chi connectivity index (χ4v) is 7.48. The summed E-state index contributed by atoms with van der Waals surface area (Å²) in [6.07, 6.45) is 0. The molecule has 0 saturated carbocycles. The smallest absolute Gasteiger partial charge is 0.333 e. The molecule has 2 nitrogen and oxygen atoms in total. The Kier molecular flexibility index (Phi) is 6.09. The first-order valence-corrected chi connectivity index (χ1v) is 16.2. The van der Waals surface area contributed by atoms with Crippen LogP contribution >= 0.6 is 0 Å². The van der Waals surface area contributed by atoms with Crippen molar-refractivity contribution in [2.45, 2.75) is 52.4 Å². The van der Waals surface area contributed by atoms with E-state index in [0.29, 0.717) is 0 Å². The van der Waals surface area contributed by atoms with E-state index in [1.807, 2.05) is 0 Å². The number of hydrogen-bond acceptors (Lipinski definition) is 2. The van der Waals surface area contributed by atoms with Crippen LogP contribution in [0.2, 0.25) is 0 Å². The van der Waals surface area contributed by atoms with Gasteiger partial charge in [0, 0.05) is 28.3 Å². The summed E-state index contributed by atoms with van der Waals surface area (Å²) >= 11 is 0. The third kappa shape index (κ3) is 4.32. The van der Waals surface area contributed by atoms with Crippen LogP contribution in [0.25, 0.3) is 21.9 Å². The van der Waals surface area contributed by atoms with E-state index >= 15 is 0 Å². The van der Waals surface area contributed by atoms with Crippen LogP contribution in [-0.2, 0) is 10.8 Å². The molecule has 220 valence electrons. The topological polar surface area (TPSA) is 6.48 Å². The predicted molar refractivity (Wildman–Crippen MR) is 195 cm³/mol. The van der Waals surface area contributed by atoms with Crippen LogP contribution in [0.3, 0.4) is 0 Å². The van der Waals surface area contributed by atoms with Crippen molar-refractivity contribution in [1.82, 2.24) is 0 Å². The van der Waals surface area contributed by atoms with E-state index in [1.165, 1.54) is 72.4 Å². The molecule has 0 atom stereocenters. The van der Waals surface area contributed by atoms with Crippen molar-refractivity contribution in [3.63, 3.8) is 0 Å². The van der Waals surface area contributed by atoms with Crippen molar-refractivity contribution in [2.24, 2.45) is 0 Å². The van der Waals surface area contributed by atoms with Crippen LogP contribution in [0.1, 0.15) is 52.7 Å². The largest absolute Gasteiger partial charge is 0.376 e. The Morgan fingerprint density at radius 2 is 1.09 bits per heavy atom. The van der Waals surface area contributed by atoms with Gasteiger partial charge in [-0.05, 0) is 91.7 Å². The summed E-state index contributed by atoms with van der Waals surface area (Å²) in [7, 11) is 0. The maximum Gasteiger partial charge on any atom is 0.333 e. The highest BCUT2D eigenvalue weighted by Crippen LogP contribution is 2.48. The zero-order valence-electron chi connectivity index (χ0n) is 27.1. The minimum Gasteiger partial charge on any atom is -0.376 e. The number of fused-ring (bicyclic) bond motifs is 5. The van der Waals surface area contributed by atoms with Crippen molar-refractivity contribution in [1.29, 1.82) is 0 Å². The van der Waals surface area contributed by atoms with Gasteiger partial charge in [0.25, 0.3) is 0 Å². The van der Waals surface area contributed by atoms with Gasteiger partial charge in [-0.1, -0.05) is 126 Å². The number of benzene rings is 6. The molecule has 8 rings (SSSR count). The molecule has 0 fully saturated rings. The lowest BCUT2D eigenvalue weighted by atomic mass is 9.43. The number of para-hydroxylation sites is 2. The van der Waals surface area contributed by atoms with Gasteiger partial charge in [-0.15, -0.1) is 0 Å². The molecule has 45 heavy (non-hydrogen) atoms. The molecule has 2 heterocycles. The zero-order chi connectivity index (χ0) is 31.1. The maximum atomic E-state index is 2.58. The summed E-state index contributed by atoms with van der Waals surface area (Å²) < 4.78 is 0. The zero-order valence-corrected chi connectivity index (χ0v) is 27.1. The fraction of sp³-hybridized carbons (Fsp3) is 0.190. The van der Waals surface area contributed by atoms with Gasteiger partial charge in [0.2, 0.25) is 0 Å². The van der Waals surface area contributed by atoms with E-state index in [0.717, 1.165) is 0 Å². The molecule has 6 aromatic rings. The maximum absolute atomic E-state index is 2.58. The average Bonchev–Trinajstić information content (AvgIpc) is 3.03. The van der Waals surface area contributed by atoms with Crippen molar-refractivity contribution in [3.8, 4) is 11.1 Å². The van der Waals surface area contributed by atoms with Crippen molar-refractivity contribution in [3.05, 3.63) is 139 Å². The summed E-state index contributed by atoms with van der Waals surface area (Å²) in [4.78, 5) is 5.13. The van der Waals surface area contributed by atoms with E-state index in [9.17, 15) is 0 Å². The van der Waals surface area contributed by atoms with Crippen molar-refractivity contribution >= 4 is 57.0 Å². The first-order valence-electron chi connectivity index (χ1n) is 16.2. The second-order valence-corrected chi connectivity index (χ2v) is 14.7. The van der Waals surface area contributed by atoms with Crippen LogP contribution in [-0.4, -0.2) is 6.85 Å². The predicted octanol–water partition coefficient (Wildman–Crippen LogP) is 10.1. The number of anilines is 5. The van der Waals surface area contributed by atoms with Gasteiger partial charge in [0.1, 0.15) is 0 Å². The van der Waals surface area contributed by atoms with Crippen LogP contribution < -0.4 is 20.6 Å². The summed E-state index contributed by atoms with van der Waals surface area (Å²) in [6.45, 7) is 13.9. The monoisotopic (exact) mass is 582 g/mol. The lowest BCUT2D eigenvalue weighted by Crippen LogP contribution is -2.61. The summed E-state index contributed by atoms with van der Waals surface area (Å²) in [5.41, 5.74) is 14.2. The molecule has 2 aliphatic heterocycles. The van der Waals surface area contributed by atoms with Crippen LogP contribution in [0.4, 0.5) is 28.4 Å². The summed E-state index contributed by atoms with van der Waals surface area (Å²) in [5.74, 6) is 0. The van der Waals surface area contributed by atoms with Gasteiger partial charge in [-0.2, -0.15) is 0 Å². The van der Waals surface area contributed by atoms with E-state index in [-0.39, 0.29) is 17.7 Å².